The third-order valence-electron chi connectivity index (χ3n) is 3.13. The number of ether oxygens (including phenoxy) is 1. The second-order valence-electron chi connectivity index (χ2n) is 5.34. The van der Waals surface area contributed by atoms with Crippen LogP contribution < -0.4 is 5.32 Å². The minimum absolute atomic E-state index is 0.0607. The van der Waals surface area contributed by atoms with Gasteiger partial charge in [0, 0.05) is 33.8 Å². The maximum atomic E-state index is 11.9. The number of alkyl halides is 3. The van der Waals surface area contributed by atoms with E-state index in [-0.39, 0.29) is 6.61 Å². The molecule has 23 heavy (non-hydrogen) atoms. The molecule has 0 fully saturated rings. The highest BCUT2D eigenvalue weighted by Crippen LogP contribution is 2.14. The molecule has 1 rings (SSSR count). The van der Waals surface area contributed by atoms with Crippen molar-refractivity contribution in [1.82, 2.24) is 10.2 Å². The van der Waals surface area contributed by atoms with E-state index < -0.39 is 12.8 Å². The van der Waals surface area contributed by atoms with Gasteiger partial charge in [0.1, 0.15) is 6.61 Å². The van der Waals surface area contributed by atoms with Crippen molar-refractivity contribution in [2.45, 2.75) is 26.1 Å². The second kappa shape index (κ2) is 9.39. The smallest absolute Gasteiger partial charge is 0.372 e. The molecule has 0 aliphatic carbocycles. The zero-order chi connectivity index (χ0) is 17.3. The van der Waals surface area contributed by atoms with E-state index in [9.17, 15) is 13.2 Å². The first-order valence-corrected chi connectivity index (χ1v) is 7.43. The van der Waals surface area contributed by atoms with Gasteiger partial charge in [-0.25, -0.2) is 0 Å². The van der Waals surface area contributed by atoms with E-state index >= 15 is 0 Å². The van der Waals surface area contributed by atoms with Gasteiger partial charge in [-0.1, -0.05) is 29.8 Å². The Kier molecular flexibility index (Phi) is 7.88. The van der Waals surface area contributed by atoms with E-state index in [0.29, 0.717) is 25.5 Å². The number of nitrogens with one attached hydrogen (secondary N) is 1. The highest BCUT2D eigenvalue weighted by Gasteiger charge is 2.27. The lowest BCUT2D eigenvalue weighted by Crippen LogP contribution is -2.39. The molecule has 0 radical (unpaired) electrons. The predicted molar refractivity (Wildman–Crippen MR) is 85.5 cm³/mol. The minimum atomic E-state index is -4.27. The van der Waals surface area contributed by atoms with Crippen molar-refractivity contribution < 1.29 is 17.9 Å². The van der Waals surface area contributed by atoms with Crippen LogP contribution in [-0.2, 0) is 11.3 Å². The molecule has 130 valence electrons. The van der Waals surface area contributed by atoms with E-state index in [1.165, 1.54) is 5.56 Å². The lowest BCUT2D eigenvalue weighted by atomic mass is 10.1. The fourth-order valence-corrected chi connectivity index (χ4v) is 1.99. The Balaban J connectivity index is 2.29. The van der Waals surface area contributed by atoms with Crippen molar-refractivity contribution in [1.29, 1.82) is 0 Å². The molecule has 0 unspecified atom stereocenters. The van der Waals surface area contributed by atoms with Crippen molar-refractivity contribution in [2.75, 3.05) is 33.9 Å². The molecule has 0 saturated carbocycles. The van der Waals surface area contributed by atoms with Crippen LogP contribution in [0.5, 0.6) is 0 Å². The second-order valence-corrected chi connectivity index (χ2v) is 5.34. The first kappa shape index (κ1) is 19.3. The summed E-state index contributed by atoms with van der Waals surface area (Å²) in [7, 11) is 3.59. The summed E-state index contributed by atoms with van der Waals surface area (Å²) in [6, 6.07) is 8.23. The molecular weight excluding hydrogens is 307 g/mol. The SMILES string of the molecule is CN=C(NCCCOCC(F)(F)F)N(C)Cc1ccc(C)cc1. The zero-order valence-electron chi connectivity index (χ0n) is 13.8. The molecule has 7 heteroatoms. The molecule has 0 saturated heterocycles. The lowest BCUT2D eigenvalue weighted by molar-refractivity contribution is -0.173. The normalized spacial score (nSPS) is 12.3. The number of nitrogens with zero attached hydrogens (tertiary/aromatic N) is 2. The van der Waals surface area contributed by atoms with Crippen LogP contribution in [-0.4, -0.2) is 50.9 Å². The summed E-state index contributed by atoms with van der Waals surface area (Å²) >= 11 is 0. The van der Waals surface area contributed by atoms with E-state index in [4.69, 9.17) is 0 Å². The van der Waals surface area contributed by atoms with Crippen LogP contribution in [0.25, 0.3) is 0 Å². The lowest BCUT2D eigenvalue weighted by Gasteiger charge is -2.22. The summed E-state index contributed by atoms with van der Waals surface area (Å²) < 4.78 is 40.3. The number of guanidine groups is 1. The maximum Gasteiger partial charge on any atom is 0.411 e. The molecule has 1 aromatic rings. The Labute approximate surface area is 135 Å². The molecule has 0 aliphatic heterocycles. The molecule has 0 bridgehead atoms. The van der Waals surface area contributed by atoms with Crippen molar-refractivity contribution in [3.63, 3.8) is 0 Å². The zero-order valence-corrected chi connectivity index (χ0v) is 13.8. The van der Waals surface area contributed by atoms with E-state index in [1.54, 1.807) is 7.05 Å². The minimum Gasteiger partial charge on any atom is -0.372 e. The molecular formula is C16H24F3N3O. The standard InChI is InChI=1S/C16H24F3N3O/c1-13-5-7-14(8-6-13)11-22(3)15(20-2)21-9-4-10-23-12-16(17,18)19/h5-8H,4,9-12H2,1-3H3,(H,20,21). The van der Waals surface area contributed by atoms with Crippen LogP contribution in [0, 0.1) is 6.92 Å². The molecule has 4 nitrogen and oxygen atoms in total. The van der Waals surface area contributed by atoms with Gasteiger partial charge < -0.3 is 15.0 Å². The van der Waals surface area contributed by atoms with Gasteiger partial charge in [-0.15, -0.1) is 0 Å². The van der Waals surface area contributed by atoms with Crippen molar-refractivity contribution >= 4 is 5.96 Å². The van der Waals surface area contributed by atoms with Crippen LogP contribution in [0.2, 0.25) is 0 Å². The summed E-state index contributed by atoms with van der Waals surface area (Å²) in [6.45, 7) is 2.10. The highest BCUT2D eigenvalue weighted by atomic mass is 19.4. The average Bonchev–Trinajstić information content (AvgIpc) is 2.47. The highest BCUT2D eigenvalue weighted by molar-refractivity contribution is 5.79. The number of hydrogen-bond donors (Lipinski definition) is 1. The summed E-state index contributed by atoms with van der Waals surface area (Å²) in [5.74, 6) is 0.696. The molecule has 0 aromatic heterocycles. The van der Waals surface area contributed by atoms with Gasteiger partial charge in [-0.3, -0.25) is 4.99 Å². The van der Waals surface area contributed by atoms with E-state index in [2.05, 4.69) is 39.3 Å². The van der Waals surface area contributed by atoms with Crippen LogP contribution in [0.1, 0.15) is 17.5 Å². The Morgan fingerprint density at radius 3 is 2.48 bits per heavy atom. The summed E-state index contributed by atoms with van der Waals surface area (Å²) in [5.41, 5.74) is 2.37. The third kappa shape index (κ3) is 8.44. The van der Waals surface area contributed by atoms with E-state index in [1.807, 2.05) is 18.9 Å². The molecule has 1 N–H and O–H groups in total. The van der Waals surface area contributed by atoms with Gasteiger partial charge in [0.25, 0.3) is 0 Å². The molecule has 0 heterocycles. The molecule has 1 aromatic carbocycles. The van der Waals surface area contributed by atoms with Crippen molar-refractivity contribution in [2.24, 2.45) is 4.99 Å². The summed E-state index contributed by atoms with van der Waals surface area (Å²) in [5, 5.41) is 3.11. The Hall–Kier alpha value is -1.76. The van der Waals surface area contributed by atoms with Crippen LogP contribution in [0.15, 0.2) is 29.3 Å². The number of halogens is 3. The Bertz CT molecular complexity index is 486. The van der Waals surface area contributed by atoms with Gasteiger partial charge >= 0.3 is 6.18 Å². The number of rotatable bonds is 7. The Morgan fingerprint density at radius 1 is 1.26 bits per heavy atom. The predicted octanol–water partition coefficient (Wildman–Crippen LogP) is 2.97. The van der Waals surface area contributed by atoms with Crippen molar-refractivity contribution in [3.8, 4) is 0 Å². The first-order valence-electron chi connectivity index (χ1n) is 7.43. The number of aliphatic imine (C=N–C) groups is 1. The maximum absolute atomic E-state index is 11.9. The molecule has 0 atom stereocenters. The number of aryl methyl sites for hydroxylation is 1. The van der Waals surface area contributed by atoms with Gasteiger partial charge in [0.15, 0.2) is 5.96 Å². The van der Waals surface area contributed by atoms with Crippen LogP contribution in [0.3, 0.4) is 0 Å². The van der Waals surface area contributed by atoms with Gasteiger partial charge in [-0.2, -0.15) is 13.2 Å². The van der Waals surface area contributed by atoms with Crippen molar-refractivity contribution in [3.05, 3.63) is 35.4 Å². The fraction of sp³-hybridized carbons (Fsp3) is 0.562. The number of hydrogen-bond acceptors (Lipinski definition) is 2. The quantitative estimate of drug-likeness (QED) is 0.474. The van der Waals surface area contributed by atoms with E-state index in [0.717, 1.165) is 5.56 Å². The van der Waals surface area contributed by atoms with Crippen LogP contribution in [0.4, 0.5) is 13.2 Å². The fourth-order valence-electron chi connectivity index (χ4n) is 1.99. The van der Waals surface area contributed by atoms with Gasteiger partial charge in [0.2, 0.25) is 0 Å². The summed E-state index contributed by atoms with van der Waals surface area (Å²) in [6.07, 6.45) is -3.79. The Morgan fingerprint density at radius 2 is 1.91 bits per heavy atom. The molecule has 0 amide bonds. The summed E-state index contributed by atoms with van der Waals surface area (Å²) in [4.78, 5) is 6.13. The molecule has 0 aliphatic rings. The molecule has 0 spiro atoms. The number of benzene rings is 1. The van der Waals surface area contributed by atoms with Gasteiger partial charge in [0.05, 0.1) is 0 Å². The topological polar surface area (TPSA) is 36.9 Å². The largest absolute Gasteiger partial charge is 0.411 e. The van der Waals surface area contributed by atoms with Crippen LogP contribution >= 0.6 is 0 Å². The average molecular weight is 331 g/mol. The first-order chi connectivity index (χ1) is 10.8. The monoisotopic (exact) mass is 331 g/mol. The third-order valence-corrected chi connectivity index (χ3v) is 3.13. The van der Waals surface area contributed by atoms with Gasteiger partial charge in [-0.05, 0) is 18.9 Å².